The molecular weight excluding hydrogens is 496 g/mol. The van der Waals surface area contributed by atoms with Crippen molar-refractivity contribution in [3.8, 4) is 17.2 Å². The van der Waals surface area contributed by atoms with Gasteiger partial charge in [-0.05, 0) is 43.3 Å². The van der Waals surface area contributed by atoms with Gasteiger partial charge in [0.05, 0.1) is 31.6 Å². The number of hydrogen-bond donors (Lipinski definition) is 1. The number of piperazine rings is 1. The van der Waals surface area contributed by atoms with Crippen LogP contribution in [0.15, 0.2) is 66.7 Å². The number of rotatable bonds is 5. The molecule has 3 amide bonds. The molecule has 0 radical (unpaired) electrons. The molecule has 3 aliphatic heterocycles. The zero-order valence-electron chi connectivity index (χ0n) is 22.3. The van der Waals surface area contributed by atoms with E-state index >= 15 is 0 Å². The lowest BCUT2D eigenvalue weighted by atomic mass is 9.89. The molecular formula is C30H32N4O5. The summed E-state index contributed by atoms with van der Waals surface area (Å²) in [6, 6.07) is 20.4. The van der Waals surface area contributed by atoms with E-state index in [9.17, 15) is 9.59 Å². The van der Waals surface area contributed by atoms with Crippen LogP contribution in [-0.2, 0) is 0 Å². The summed E-state index contributed by atoms with van der Waals surface area (Å²) in [4.78, 5) is 32.6. The van der Waals surface area contributed by atoms with E-state index < -0.39 is 5.72 Å². The number of hydrogen-bond acceptors (Lipinski definition) is 6. The largest absolute Gasteiger partial charge is 0.495 e. The molecule has 0 spiro atoms. The van der Waals surface area contributed by atoms with Gasteiger partial charge in [-0.15, -0.1) is 0 Å². The molecule has 2 atom stereocenters. The smallest absolute Gasteiger partial charge is 0.325 e. The van der Waals surface area contributed by atoms with Crippen molar-refractivity contribution in [3.63, 3.8) is 0 Å². The van der Waals surface area contributed by atoms with Crippen molar-refractivity contribution in [1.29, 1.82) is 0 Å². The number of fused-ring (bicyclic) bond motifs is 4. The van der Waals surface area contributed by atoms with Crippen molar-refractivity contribution in [3.05, 3.63) is 77.9 Å². The minimum atomic E-state index is -0.948. The summed E-state index contributed by atoms with van der Waals surface area (Å²) in [5.41, 5.74) is 2.12. The highest BCUT2D eigenvalue weighted by molar-refractivity contribution is 5.99. The Morgan fingerprint density at radius 1 is 0.949 bits per heavy atom. The van der Waals surface area contributed by atoms with E-state index in [-0.39, 0.29) is 18.0 Å². The fraction of sp³-hybridized carbons (Fsp3) is 0.333. The highest BCUT2D eigenvalue weighted by Gasteiger charge is 2.50. The lowest BCUT2D eigenvalue weighted by Crippen LogP contribution is -2.65. The number of nitrogens with one attached hydrogen (secondary N) is 1. The number of nitrogens with zero attached hydrogens (tertiary/aromatic N) is 3. The third-order valence-electron chi connectivity index (χ3n) is 7.83. The molecule has 0 aliphatic carbocycles. The van der Waals surface area contributed by atoms with Gasteiger partial charge < -0.3 is 29.3 Å². The summed E-state index contributed by atoms with van der Waals surface area (Å²) >= 11 is 0. The van der Waals surface area contributed by atoms with E-state index in [4.69, 9.17) is 14.2 Å². The molecule has 1 N–H and O–H groups in total. The lowest BCUT2D eigenvalue weighted by molar-refractivity contribution is 0.0349. The predicted octanol–water partition coefficient (Wildman–Crippen LogP) is 4.44. The van der Waals surface area contributed by atoms with Crippen LogP contribution < -0.4 is 29.3 Å². The number of benzene rings is 3. The maximum atomic E-state index is 13.5. The van der Waals surface area contributed by atoms with Crippen LogP contribution in [0.4, 0.5) is 16.2 Å². The molecule has 3 aromatic rings. The number of anilines is 2. The summed E-state index contributed by atoms with van der Waals surface area (Å²) < 4.78 is 17.5. The quantitative estimate of drug-likeness (QED) is 0.528. The van der Waals surface area contributed by atoms with Crippen LogP contribution in [0, 0.1) is 0 Å². The Balaban J connectivity index is 1.22. The van der Waals surface area contributed by atoms with Gasteiger partial charge in [0, 0.05) is 43.7 Å². The van der Waals surface area contributed by atoms with Crippen molar-refractivity contribution in [2.24, 2.45) is 0 Å². The van der Waals surface area contributed by atoms with Crippen LogP contribution >= 0.6 is 0 Å². The highest BCUT2D eigenvalue weighted by Crippen LogP contribution is 2.49. The van der Waals surface area contributed by atoms with Crippen molar-refractivity contribution in [2.45, 2.75) is 25.1 Å². The van der Waals surface area contributed by atoms with Crippen LogP contribution in [0.3, 0.4) is 0 Å². The topological polar surface area (TPSA) is 83.6 Å². The lowest BCUT2D eigenvalue weighted by Gasteiger charge is -2.50. The fourth-order valence-electron chi connectivity index (χ4n) is 5.91. The van der Waals surface area contributed by atoms with E-state index in [0.29, 0.717) is 55.3 Å². The molecule has 2 saturated heterocycles. The van der Waals surface area contributed by atoms with Crippen molar-refractivity contribution in [2.75, 3.05) is 50.2 Å². The van der Waals surface area contributed by atoms with E-state index in [0.717, 1.165) is 17.0 Å². The second-order valence-electron chi connectivity index (χ2n) is 10.2. The molecule has 9 nitrogen and oxygen atoms in total. The van der Waals surface area contributed by atoms with Gasteiger partial charge >= 0.3 is 6.03 Å². The summed E-state index contributed by atoms with van der Waals surface area (Å²) in [7, 11) is 3.27. The Labute approximate surface area is 227 Å². The molecule has 3 heterocycles. The molecule has 3 aromatic carbocycles. The molecule has 39 heavy (non-hydrogen) atoms. The zero-order valence-corrected chi connectivity index (χ0v) is 22.3. The van der Waals surface area contributed by atoms with Crippen molar-refractivity contribution >= 4 is 23.3 Å². The van der Waals surface area contributed by atoms with E-state index in [1.807, 2.05) is 66.4 Å². The van der Waals surface area contributed by atoms with Crippen LogP contribution in [0.2, 0.25) is 0 Å². The maximum Gasteiger partial charge on any atom is 0.325 e. The first kappa shape index (κ1) is 24.9. The average molecular weight is 529 g/mol. The number of carbonyl (C=O) groups excluding carboxylic acids is 2. The fourth-order valence-corrected chi connectivity index (χ4v) is 5.91. The van der Waals surface area contributed by atoms with Gasteiger partial charge in [-0.3, -0.25) is 9.69 Å². The van der Waals surface area contributed by atoms with Gasteiger partial charge in [-0.2, -0.15) is 0 Å². The predicted molar refractivity (Wildman–Crippen MR) is 148 cm³/mol. The monoisotopic (exact) mass is 528 g/mol. The molecule has 0 aromatic heterocycles. The SMILES string of the molecule is COc1ccccc1N1CCN(C(=O)c2cccc(N3C(=O)N[C@H]4C[C@@]3(C)Oc3c(OC)cccc34)c2)CC1. The number of ether oxygens (including phenoxy) is 3. The third-order valence-corrected chi connectivity index (χ3v) is 7.83. The normalized spacial score (nSPS) is 22.0. The zero-order chi connectivity index (χ0) is 27.1. The molecule has 2 fully saturated rings. The molecule has 0 unspecified atom stereocenters. The Morgan fingerprint density at radius 3 is 2.44 bits per heavy atom. The van der Waals surface area contributed by atoms with Gasteiger partial charge in [0.2, 0.25) is 0 Å². The molecule has 2 bridgehead atoms. The minimum absolute atomic E-state index is 0.0615. The van der Waals surface area contributed by atoms with Crippen LogP contribution in [-0.4, -0.2) is 63.0 Å². The van der Waals surface area contributed by atoms with Crippen LogP contribution in [0.25, 0.3) is 0 Å². The summed E-state index contributed by atoms with van der Waals surface area (Å²) in [5.74, 6) is 2.01. The first-order chi connectivity index (χ1) is 18.9. The first-order valence-corrected chi connectivity index (χ1v) is 13.2. The van der Waals surface area contributed by atoms with Gasteiger partial charge in [-0.25, -0.2) is 4.79 Å². The molecule has 6 rings (SSSR count). The van der Waals surface area contributed by atoms with Gasteiger partial charge in [0.15, 0.2) is 17.2 Å². The van der Waals surface area contributed by atoms with Crippen molar-refractivity contribution in [1.82, 2.24) is 10.2 Å². The summed E-state index contributed by atoms with van der Waals surface area (Å²) in [6.07, 6.45) is 0.558. The number of carbonyl (C=O) groups is 2. The van der Waals surface area contributed by atoms with E-state index in [1.54, 1.807) is 31.3 Å². The Morgan fingerprint density at radius 2 is 1.67 bits per heavy atom. The number of para-hydroxylation sites is 3. The minimum Gasteiger partial charge on any atom is -0.495 e. The Bertz CT molecular complexity index is 1420. The first-order valence-electron chi connectivity index (χ1n) is 13.2. The second kappa shape index (κ2) is 9.72. The molecule has 3 aliphatic rings. The van der Waals surface area contributed by atoms with Gasteiger partial charge in [0.1, 0.15) is 5.75 Å². The van der Waals surface area contributed by atoms with Crippen LogP contribution in [0.1, 0.15) is 35.3 Å². The van der Waals surface area contributed by atoms with E-state index in [2.05, 4.69) is 10.2 Å². The Kier molecular flexibility index (Phi) is 6.21. The maximum absolute atomic E-state index is 13.5. The van der Waals surface area contributed by atoms with Gasteiger partial charge in [0.25, 0.3) is 5.91 Å². The van der Waals surface area contributed by atoms with E-state index in [1.165, 1.54) is 0 Å². The van der Waals surface area contributed by atoms with Crippen molar-refractivity contribution < 1.29 is 23.8 Å². The second-order valence-corrected chi connectivity index (χ2v) is 10.2. The summed E-state index contributed by atoms with van der Waals surface area (Å²) in [6.45, 7) is 4.48. The Hall–Kier alpha value is -4.40. The summed E-state index contributed by atoms with van der Waals surface area (Å²) in [5, 5.41) is 3.11. The number of amides is 3. The number of methoxy groups -OCH3 is 2. The third kappa shape index (κ3) is 4.27. The standard InChI is InChI=1S/C30H32N4O5/c1-30-19-23(22-10-7-13-26(38-3)27(22)39-30)31-29(36)34(30)21-9-6-8-20(18-21)28(35)33-16-14-32(15-17-33)24-11-4-5-12-25(24)37-2/h4-13,18,23H,14-17,19H2,1-3H3,(H,31,36)/t23-,30+/m0/s1. The molecule has 202 valence electrons. The van der Waals surface area contributed by atoms with Gasteiger partial charge in [-0.1, -0.05) is 30.3 Å². The molecule has 0 saturated carbocycles. The highest BCUT2D eigenvalue weighted by atomic mass is 16.5. The molecule has 9 heteroatoms. The average Bonchev–Trinajstić information content (AvgIpc) is 2.96. The van der Waals surface area contributed by atoms with Crippen LogP contribution in [0.5, 0.6) is 17.2 Å². The number of urea groups is 1.